The van der Waals surface area contributed by atoms with Gasteiger partial charge in [0.1, 0.15) is 11.0 Å². The molecule has 0 aliphatic carbocycles. The highest BCUT2D eigenvalue weighted by molar-refractivity contribution is 7.90. The number of nitrogens with one attached hydrogen (secondary N) is 1. The van der Waals surface area contributed by atoms with Crippen LogP contribution in [0.4, 0.5) is 0 Å². The summed E-state index contributed by atoms with van der Waals surface area (Å²) >= 11 is 5.32. The molecule has 17 heavy (non-hydrogen) atoms. The van der Waals surface area contributed by atoms with E-state index in [2.05, 4.69) is 4.72 Å². The first-order valence-corrected chi connectivity index (χ1v) is 7.46. The first-order valence-electron chi connectivity index (χ1n) is 5.27. The molecule has 1 aromatic rings. The van der Waals surface area contributed by atoms with E-state index < -0.39 is 15.2 Å². The standard InChI is InChI=1S/C11H16ClNO3S/c1-3-16-11-6-4-10(5-7-11)9(2)13-17(14,15)8-12/h4-7,9,13H,3,8H2,1-2H3. The van der Waals surface area contributed by atoms with E-state index in [9.17, 15) is 8.42 Å². The fourth-order valence-electron chi connectivity index (χ4n) is 1.39. The summed E-state index contributed by atoms with van der Waals surface area (Å²) in [5.74, 6) is 0.767. The van der Waals surface area contributed by atoms with Crippen LogP contribution < -0.4 is 9.46 Å². The molecule has 0 spiro atoms. The summed E-state index contributed by atoms with van der Waals surface area (Å²) in [6.07, 6.45) is 0. The lowest BCUT2D eigenvalue weighted by Gasteiger charge is -2.13. The zero-order chi connectivity index (χ0) is 12.9. The summed E-state index contributed by atoms with van der Waals surface area (Å²) in [5, 5.41) is -0.436. The largest absolute Gasteiger partial charge is 0.494 e. The molecule has 0 aliphatic rings. The average molecular weight is 278 g/mol. The van der Waals surface area contributed by atoms with Crippen molar-refractivity contribution in [3.63, 3.8) is 0 Å². The van der Waals surface area contributed by atoms with Gasteiger partial charge in [0.25, 0.3) is 0 Å². The Bertz CT molecular complexity index is 444. The van der Waals surface area contributed by atoms with Crippen LogP contribution in [0.25, 0.3) is 0 Å². The van der Waals surface area contributed by atoms with Gasteiger partial charge in [0, 0.05) is 6.04 Å². The minimum Gasteiger partial charge on any atom is -0.494 e. The van der Waals surface area contributed by atoms with Gasteiger partial charge in [0.2, 0.25) is 10.0 Å². The van der Waals surface area contributed by atoms with E-state index in [1.807, 2.05) is 31.2 Å². The van der Waals surface area contributed by atoms with Gasteiger partial charge in [-0.05, 0) is 31.5 Å². The van der Waals surface area contributed by atoms with Crippen LogP contribution in [0.2, 0.25) is 0 Å². The summed E-state index contributed by atoms with van der Waals surface area (Å²) < 4.78 is 30.3. The molecule has 0 bridgehead atoms. The summed E-state index contributed by atoms with van der Waals surface area (Å²) in [6, 6.07) is 6.96. The molecule has 1 unspecified atom stereocenters. The highest BCUT2D eigenvalue weighted by Crippen LogP contribution is 2.18. The molecule has 1 N–H and O–H groups in total. The lowest BCUT2D eigenvalue weighted by atomic mass is 10.1. The number of hydrogen-bond acceptors (Lipinski definition) is 3. The predicted molar refractivity (Wildman–Crippen MR) is 68.8 cm³/mol. The van der Waals surface area contributed by atoms with Crippen molar-refractivity contribution in [2.24, 2.45) is 0 Å². The van der Waals surface area contributed by atoms with E-state index in [4.69, 9.17) is 16.3 Å². The lowest BCUT2D eigenvalue weighted by molar-refractivity contribution is 0.340. The van der Waals surface area contributed by atoms with Crippen molar-refractivity contribution in [2.45, 2.75) is 19.9 Å². The Morgan fingerprint density at radius 1 is 1.35 bits per heavy atom. The topological polar surface area (TPSA) is 55.4 Å². The quantitative estimate of drug-likeness (QED) is 0.812. The molecule has 6 heteroatoms. The number of benzene rings is 1. The van der Waals surface area contributed by atoms with Crippen molar-refractivity contribution in [1.29, 1.82) is 0 Å². The van der Waals surface area contributed by atoms with Gasteiger partial charge in [-0.1, -0.05) is 12.1 Å². The number of halogens is 1. The van der Waals surface area contributed by atoms with E-state index in [0.717, 1.165) is 11.3 Å². The summed E-state index contributed by atoms with van der Waals surface area (Å²) in [5.41, 5.74) is 0.863. The van der Waals surface area contributed by atoms with Crippen LogP contribution in [0.15, 0.2) is 24.3 Å². The van der Waals surface area contributed by atoms with Crippen LogP contribution in [0.5, 0.6) is 5.75 Å². The zero-order valence-corrected chi connectivity index (χ0v) is 11.4. The zero-order valence-electron chi connectivity index (χ0n) is 9.81. The first-order chi connectivity index (χ1) is 7.98. The Hall–Kier alpha value is -0.780. The summed E-state index contributed by atoms with van der Waals surface area (Å²) in [4.78, 5) is 0. The molecule has 0 heterocycles. The second kappa shape index (κ2) is 6.23. The smallest absolute Gasteiger partial charge is 0.226 e. The van der Waals surface area contributed by atoms with E-state index in [1.54, 1.807) is 6.92 Å². The summed E-state index contributed by atoms with van der Waals surface area (Å²) in [7, 11) is -3.40. The van der Waals surface area contributed by atoms with Crippen LogP contribution >= 0.6 is 11.6 Å². The monoisotopic (exact) mass is 277 g/mol. The normalized spacial score (nSPS) is 13.4. The molecule has 1 aromatic carbocycles. The summed E-state index contributed by atoms with van der Waals surface area (Å²) in [6.45, 7) is 4.28. The third-order valence-electron chi connectivity index (χ3n) is 2.19. The van der Waals surface area contributed by atoms with Crippen molar-refractivity contribution in [2.75, 3.05) is 11.8 Å². The molecule has 0 radical (unpaired) electrons. The highest BCUT2D eigenvalue weighted by atomic mass is 35.5. The van der Waals surface area contributed by atoms with Crippen molar-refractivity contribution in [3.05, 3.63) is 29.8 Å². The number of hydrogen-bond donors (Lipinski definition) is 1. The highest BCUT2D eigenvalue weighted by Gasteiger charge is 2.14. The average Bonchev–Trinajstić information content (AvgIpc) is 2.30. The number of sulfonamides is 1. The van der Waals surface area contributed by atoms with Gasteiger partial charge in [0.05, 0.1) is 6.61 Å². The van der Waals surface area contributed by atoms with Crippen LogP contribution in [-0.2, 0) is 10.0 Å². The number of rotatable bonds is 6. The van der Waals surface area contributed by atoms with Crippen molar-refractivity contribution in [3.8, 4) is 5.75 Å². The van der Waals surface area contributed by atoms with E-state index in [-0.39, 0.29) is 6.04 Å². The van der Waals surface area contributed by atoms with E-state index >= 15 is 0 Å². The Kier molecular flexibility index (Phi) is 5.24. The van der Waals surface area contributed by atoms with Crippen LogP contribution in [0.1, 0.15) is 25.5 Å². The Balaban J connectivity index is 2.73. The van der Waals surface area contributed by atoms with Gasteiger partial charge in [-0.25, -0.2) is 13.1 Å². The molecular formula is C11H16ClNO3S. The van der Waals surface area contributed by atoms with E-state index in [1.165, 1.54) is 0 Å². The van der Waals surface area contributed by atoms with Crippen LogP contribution in [-0.4, -0.2) is 20.2 Å². The van der Waals surface area contributed by atoms with Gasteiger partial charge in [-0.15, -0.1) is 11.6 Å². The Labute approximate surface area is 107 Å². The van der Waals surface area contributed by atoms with Gasteiger partial charge < -0.3 is 4.74 Å². The SMILES string of the molecule is CCOc1ccc(C(C)NS(=O)(=O)CCl)cc1. The van der Waals surface area contributed by atoms with E-state index in [0.29, 0.717) is 6.61 Å². The van der Waals surface area contributed by atoms with Crippen molar-refractivity contribution < 1.29 is 13.2 Å². The molecule has 0 aromatic heterocycles. The van der Waals surface area contributed by atoms with Crippen LogP contribution in [0, 0.1) is 0 Å². The Morgan fingerprint density at radius 3 is 2.41 bits per heavy atom. The maximum atomic E-state index is 11.3. The molecule has 1 atom stereocenters. The molecule has 0 aliphatic heterocycles. The molecule has 0 fully saturated rings. The van der Waals surface area contributed by atoms with Crippen molar-refractivity contribution in [1.82, 2.24) is 4.72 Å². The van der Waals surface area contributed by atoms with Gasteiger partial charge in [-0.2, -0.15) is 0 Å². The number of alkyl halides is 1. The maximum absolute atomic E-state index is 11.3. The van der Waals surface area contributed by atoms with Gasteiger partial charge >= 0.3 is 0 Å². The molecule has 96 valence electrons. The third kappa shape index (κ3) is 4.53. The second-order valence-electron chi connectivity index (χ2n) is 3.57. The predicted octanol–water partition coefficient (Wildman–Crippen LogP) is 2.26. The fraction of sp³-hybridized carbons (Fsp3) is 0.455. The molecule has 4 nitrogen and oxygen atoms in total. The maximum Gasteiger partial charge on any atom is 0.226 e. The van der Waals surface area contributed by atoms with Gasteiger partial charge in [0.15, 0.2) is 0 Å². The van der Waals surface area contributed by atoms with Crippen molar-refractivity contribution >= 4 is 21.6 Å². The second-order valence-corrected chi connectivity index (χ2v) is 5.90. The molecular weight excluding hydrogens is 262 g/mol. The minimum absolute atomic E-state index is 0.311. The molecule has 0 saturated carbocycles. The third-order valence-corrected chi connectivity index (χ3v) is 4.05. The molecule has 1 rings (SSSR count). The first kappa shape index (κ1) is 14.3. The molecule has 0 saturated heterocycles. The Morgan fingerprint density at radius 2 is 1.94 bits per heavy atom. The van der Waals surface area contributed by atoms with Gasteiger partial charge in [-0.3, -0.25) is 0 Å². The fourth-order valence-corrected chi connectivity index (χ4v) is 2.32. The van der Waals surface area contributed by atoms with Crippen LogP contribution in [0.3, 0.4) is 0 Å². The minimum atomic E-state index is -3.40. The lowest BCUT2D eigenvalue weighted by Crippen LogP contribution is -2.27. The number of ether oxygens (including phenoxy) is 1. The molecule has 0 amide bonds.